The second kappa shape index (κ2) is 5.81. The Morgan fingerprint density at radius 3 is 2.64 bits per heavy atom. The van der Waals surface area contributed by atoms with Crippen molar-refractivity contribution in [1.29, 1.82) is 0 Å². The zero-order valence-electron chi connectivity index (χ0n) is 13.9. The van der Waals surface area contributed by atoms with E-state index in [0.717, 1.165) is 29.4 Å². The molecule has 128 valence electrons. The van der Waals surface area contributed by atoms with Crippen LogP contribution in [-0.4, -0.2) is 23.6 Å². The molecule has 2 heterocycles. The van der Waals surface area contributed by atoms with Crippen LogP contribution in [0.3, 0.4) is 0 Å². The molecule has 4 rings (SSSR count). The Morgan fingerprint density at radius 1 is 1.20 bits per heavy atom. The fourth-order valence-electron chi connectivity index (χ4n) is 3.19. The third kappa shape index (κ3) is 2.59. The number of carbonyl (C=O) groups excluding carboxylic acids is 2. The average molecular weight is 339 g/mol. The first-order valence-electron chi connectivity index (χ1n) is 8.07. The maximum Gasteiger partial charge on any atom is 0.346 e. The van der Waals surface area contributed by atoms with Crippen LogP contribution < -0.4 is 4.74 Å². The minimum atomic E-state index is -0.508. The lowest BCUT2D eigenvalue weighted by molar-refractivity contribution is 0.0601. The van der Waals surface area contributed by atoms with Gasteiger partial charge in [-0.15, -0.1) is 0 Å². The number of rotatable bonds is 4. The largest absolute Gasteiger partial charge is 0.472 e. The van der Waals surface area contributed by atoms with E-state index in [4.69, 9.17) is 13.9 Å². The van der Waals surface area contributed by atoms with Gasteiger partial charge < -0.3 is 18.5 Å². The molecule has 0 bridgehead atoms. The smallest absolute Gasteiger partial charge is 0.346 e. The molecule has 6 heteroatoms. The zero-order chi connectivity index (χ0) is 17.6. The lowest BCUT2D eigenvalue weighted by Crippen LogP contribution is -2.07. The first-order chi connectivity index (χ1) is 12.1. The second-order valence-electron chi connectivity index (χ2n) is 6.13. The number of aromatic nitrogens is 1. The van der Waals surface area contributed by atoms with Gasteiger partial charge >= 0.3 is 11.9 Å². The van der Waals surface area contributed by atoms with Crippen molar-refractivity contribution in [2.45, 2.75) is 25.8 Å². The summed E-state index contributed by atoms with van der Waals surface area (Å²) in [7, 11) is 1.37. The number of hydrogen-bond acceptors (Lipinski definition) is 5. The number of benzene rings is 1. The number of nitrogens with zero attached hydrogens (tertiary/aromatic N) is 1. The molecular weight excluding hydrogens is 322 g/mol. The SMILES string of the molecule is COC(=O)c1c(C)n(C2CC2)c2ccc(OC(=O)c3ccoc3)cc12. The molecule has 0 saturated heterocycles. The quantitative estimate of drug-likeness (QED) is 0.533. The van der Waals surface area contributed by atoms with Crippen LogP contribution in [-0.2, 0) is 4.74 Å². The molecule has 6 nitrogen and oxygen atoms in total. The van der Waals surface area contributed by atoms with E-state index in [1.165, 1.54) is 25.7 Å². The summed E-state index contributed by atoms with van der Waals surface area (Å²) in [4.78, 5) is 24.4. The maximum absolute atomic E-state index is 12.3. The monoisotopic (exact) mass is 339 g/mol. The number of hydrogen-bond donors (Lipinski definition) is 0. The minimum absolute atomic E-state index is 0.333. The molecule has 1 fully saturated rings. The van der Waals surface area contributed by atoms with Gasteiger partial charge in [-0.1, -0.05) is 0 Å². The van der Waals surface area contributed by atoms with Gasteiger partial charge in [0, 0.05) is 22.6 Å². The Kier molecular flexibility index (Phi) is 3.60. The van der Waals surface area contributed by atoms with Gasteiger partial charge in [0.15, 0.2) is 0 Å². The average Bonchev–Trinajstić information content (AvgIpc) is 3.19. The molecular formula is C19H17NO5. The van der Waals surface area contributed by atoms with Gasteiger partial charge in [0.25, 0.3) is 0 Å². The molecule has 0 atom stereocenters. The van der Waals surface area contributed by atoms with Gasteiger partial charge in [-0.3, -0.25) is 0 Å². The lowest BCUT2D eigenvalue weighted by Gasteiger charge is -2.06. The highest BCUT2D eigenvalue weighted by atomic mass is 16.5. The molecule has 0 aliphatic heterocycles. The van der Waals surface area contributed by atoms with Crippen molar-refractivity contribution in [2.75, 3.05) is 7.11 Å². The van der Waals surface area contributed by atoms with Crippen LogP contribution in [0.25, 0.3) is 10.9 Å². The number of furan rings is 1. The van der Waals surface area contributed by atoms with Gasteiger partial charge in [-0.2, -0.15) is 0 Å². The van der Waals surface area contributed by atoms with E-state index < -0.39 is 5.97 Å². The molecule has 2 aromatic heterocycles. The number of carbonyl (C=O) groups is 2. The lowest BCUT2D eigenvalue weighted by atomic mass is 10.1. The van der Waals surface area contributed by atoms with Crippen molar-refractivity contribution in [2.24, 2.45) is 0 Å². The Morgan fingerprint density at radius 2 is 2.00 bits per heavy atom. The molecule has 0 N–H and O–H groups in total. The standard InChI is InChI=1S/C19H17NO5/c1-11-17(19(22)23-2)15-9-14(25-18(21)12-7-8-24-10-12)5-6-16(15)20(11)13-3-4-13/h5-10,13H,3-4H2,1-2H3. The van der Waals surface area contributed by atoms with Crippen LogP contribution in [0.5, 0.6) is 5.75 Å². The summed E-state index contributed by atoms with van der Waals surface area (Å²) in [5.74, 6) is -0.525. The predicted octanol–water partition coefficient (Wildman–Crippen LogP) is 3.88. The predicted molar refractivity (Wildman–Crippen MR) is 90.0 cm³/mol. The minimum Gasteiger partial charge on any atom is -0.472 e. The third-order valence-electron chi connectivity index (χ3n) is 4.49. The summed E-state index contributed by atoms with van der Waals surface area (Å²) in [5.41, 5.74) is 2.68. The van der Waals surface area contributed by atoms with Gasteiger partial charge in [0.2, 0.25) is 0 Å². The first kappa shape index (κ1) is 15.5. The maximum atomic E-state index is 12.3. The van der Waals surface area contributed by atoms with Crippen molar-refractivity contribution in [3.8, 4) is 5.75 Å². The summed E-state index contributed by atoms with van der Waals surface area (Å²) in [6.45, 7) is 1.92. The summed E-state index contributed by atoms with van der Waals surface area (Å²) < 4.78 is 17.4. The van der Waals surface area contributed by atoms with E-state index in [1.807, 2.05) is 13.0 Å². The van der Waals surface area contributed by atoms with E-state index in [2.05, 4.69) is 4.57 Å². The molecule has 3 aromatic rings. The van der Waals surface area contributed by atoms with Crippen molar-refractivity contribution < 1.29 is 23.5 Å². The summed E-state index contributed by atoms with van der Waals surface area (Å²) in [6.07, 6.45) is 4.94. The first-order valence-corrected chi connectivity index (χ1v) is 8.07. The van der Waals surface area contributed by atoms with Gasteiger partial charge in [-0.25, -0.2) is 9.59 Å². The van der Waals surface area contributed by atoms with E-state index in [-0.39, 0.29) is 5.97 Å². The molecule has 0 amide bonds. The number of ether oxygens (including phenoxy) is 2. The van der Waals surface area contributed by atoms with Gasteiger partial charge in [0.1, 0.15) is 12.0 Å². The van der Waals surface area contributed by atoms with E-state index in [0.29, 0.717) is 22.9 Å². The van der Waals surface area contributed by atoms with Crippen LogP contribution >= 0.6 is 0 Å². The third-order valence-corrected chi connectivity index (χ3v) is 4.49. The number of esters is 2. The number of fused-ring (bicyclic) bond motifs is 1. The van der Waals surface area contributed by atoms with Crippen LogP contribution in [0.4, 0.5) is 0 Å². The molecule has 0 spiro atoms. The second-order valence-corrected chi connectivity index (χ2v) is 6.13. The van der Waals surface area contributed by atoms with Crippen molar-refractivity contribution in [3.63, 3.8) is 0 Å². The van der Waals surface area contributed by atoms with Crippen molar-refractivity contribution in [3.05, 3.63) is 53.6 Å². The van der Waals surface area contributed by atoms with Gasteiger partial charge in [0.05, 0.1) is 24.5 Å². The van der Waals surface area contributed by atoms with Crippen LogP contribution in [0.1, 0.15) is 45.3 Å². The fourth-order valence-corrected chi connectivity index (χ4v) is 3.19. The highest BCUT2D eigenvalue weighted by Crippen LogP contribution is 2.42. The molecule has 1 aliphatic carbocycles. The molecule has 1 aromatic carbocycles. The fraction of sp³-hybridized carbons (Fsp3) is 0.263. The number of methoxy groups -OCH3 is 1. The molecule has 25 heavy (non-hydrogen) atoms. The molecule has 1 aliphatic rings. The van der Waals surface area contributed by atoms with Crippen LogP contribution in [0, 0.1) is 6.92 Å². The molecule has 1 saturated carbocycles. The van der Waals surface area contributed by atoms with E-state index in [1.54, 1.807) is 12.1 Å². The summed E-state index contributed by atoms with van der Waals surface area (Å²) in [6, 6.07) is 7.28. The zero-order valence-corrected chi connectivity index (χ0v) is 13.9. The normalized spacial score (nSPS) is 13.8. The van der Waals surface area contributed by atoms with Crippen LogP contribution in [0.15, 0.2) is 41.2 Å². The van der Waals surface area contributed by atoms with Crippen LogP contribution in [0.2, 0.25) is 0 Å². The summed E-state index contributed by atoms with van der Waals surface area (Å²) >= 11 is 0. The Bertz CT molecular complexity index is 964. The van der Waals surface area contributed by atoms with Gasteiger partial charge in [-0.05, 0) is 44.0 Å². The Balaban J connectivity index is 1.79. The van der Waals surface area contributed by atoms with Crippen molar-refractivity contribution >= 4 is 22.8 Å². The molecule has 0 unspecified atom stereocenters. The highest BCUT2D eigenvalue weighted by Gasteiger charge is 2.30. The Labute approximate surface area is 143 Å². The van der Waals surface area contributed by atoms with E-state index in [9.17, 15) is 9.59 Å². The molecule has 0 radical (unpaired) electrons. The van der Waals surface area contributed by atoms with Crippen molar-refractivity contribution in [1.82, 2.24) is 4.57 Å². The van der Waals surface area contributed by atoms with E-state index >= 15 is 0 Å². The highest BCUT2D eigenvalue weighted by molar-refractivity contribution is 6.06. The summed E-state index contributed by atoms with van der Waals surface area (Å²) in [5, 5.41) is 0.730. The Hall–Kier alpha value is -3.02. The topological polar surface area (TPSA) is 70.7 Å².